The Balaban J connectivity index is 2.03. The van der Waals surface area contributed by atoms with E-state index in [0.717, 1.165) is 26.5 Å². The number of rotatable bonds is 6. The van der Waals surface area contributed by atoms with Gasteiger partial charge in [0.1, 0.15) is 5.75 Å². The van der Waals surface area contributed by atoms with E-state index in [4.69, 9.17) is 4.74 Å². The third-order valence-electron chi connectivity index (χ3n) is 3.68. The first-order valence-corrected chi connectivity index (χ1v) is 9.66. The third-order valence-corrected chi connectivity index (χ3v) is 6.05. The van der Waals surface area contributed by atoms with Crippen molar-refractivity contribution in [2.45, 2.75) is 44.0 Å². The van der Waals surface area contributed by atoms with E-state index in [1.165, 1.54) is 30.6 Å². The summed E-state index contributed by atoms with van der Waals surface area (Å²) in [5.74, 6) is 2.13. The first-order valence-electron chi connectivity index (χ1n) is 7.02. The zero-order valence-corrected chi connectivity index (χ0v) is 15.9. The molecule has 0 amide bonds. The van der Waals surface area contributed by atoms with Gasteiger partial charge in [-0.15, -0.1) is 0 Å². The number of benzene rings is 1. The van der Waals surface area contributed by atoms with Gasteiger partial charge in [0.15, 0.2) is 0 Å². The first-order chi connectivity index (χ1) is 9.65. The molecule has 5 heteroatoms. The number of halogens is 2. The third kappa shape index (κ3) is 4.15. The van der Waals surface area contributed by atoms with Crippen molar-refractivity contribution in [3.63, 3.8) is 0 Å². The Morgan fingerprint density at radius 3 is 2.85 bits per heavy atom. The molecule has 2 rings (SSSR count). The minimum Gasteiger partial charge on any atom is -0.495 e. The Morgan fingerprint density at radius 1 is 1.35 bits per heavy atom. The Hall–Kier alpha value is 0.290. The fourth-order valence-corrected chi connectivity index (χ4v) is 5.49. The molecule has 1 aromatic carbocycles. The summed E-state index contributed by atoms with van der Waals surface area (Å²) in [5.41, 5.74) is 1.20. The molecular weight excluding hydrogens is 402 g/mol. The van der Waals surface area contributed by atoms with Gasteiger partial charge in [-0.25, -0.2) is 0 Å². The van der Waals surface area contributed by atoms with Crippen LogP contribution in [0.3, 0.4) is 0 Å². The van der Waals surface area contributed by atoms with Gasteiger partial charge in [-0.1, -0.05) is 29.3 Å². The van der Waals surface area contributed by atoms with Crippen molar-refractivity contribution in [1.29, 1.82) is 0 Å². The molecule has 0 aromatic heterocycles. The molecule has 0 heterocycles. The summed E-state index contributed by atoms with van der Waals surface area (Å²) >= 11 is 9.20. The van der Waals surface area contributed by atoms with Crippen LogP contribution in [0.25, 0.3) is 0 Å². The molecule has 20 heavy (non-hydrogen) atoms. The number of methoxy groups -OCH3 is 1. The van der Waals surface area contributed by atoms with Crippen LogP contribution >= 0.6 is 43.6 Å². The Bertz CT molecular complexity index is 456. The molecule has 1 fully saturated rings. The average Bonchev–Trinajstić information content (AvgIpc) is 2.84. The zero-order valence-electron chi connectivity index (χ0n) is 11.9. The van der Waals surface area contributed by atoms with E-state index in [-0.39, 0.29) is 0 Å². The van der Waals surface area contributed by atoms with Crippen LogP contribution in [-0.4, -0.2) is 24.2 Å². The van der Waals surface area contributed by atoms with Crippen LogP contribution in [0.5, 0.6) is 5.75 Å². The monoisotopic (exact) mass is 421 g/mol. The van der Waals surface area contributed by atoms with E-state index in [1.54, 1.807) is 7.11 Å². The summed E-state index contributed by atoms with van der Waals surface area (Å²) in [6, 6.07) is 4.78. The first kappa shape index (κ1) is 16.7. The molecule has 1 saturated carbocycles. The minimum absolute atomic E-state index is 0.627. The molecule has 2 atom stereocenters. The molecule has 0 spiro atoms. The van der Waals surface area contributed by atoms with Gasteiger partial charge in [-0.3, -0.25) is 0 Å². The molecule has 1 N–H and O–H groups in total. The molecule has 112 valence electrons. The molecule has 1 aliphatic rings. The highest BCUT2D eigenvalue weighted by Gasteiger charge is 2.26. The molecule has 0 bridgehead atoms. The van der Waals surface area contributed by atoms with Crippen LogP contribution in [0.2, 0.25) is 0 Å². The maximum absolute atomic E-state index is 5.51. The molecule has 0 saturated heterocycles. The van der Waals surface area contributed by atoms with E-state index < -0.39 is 0 Å². The van der Waals surface area contributed by atoms with Crippen molar-refractivity contribution in [3.8, 4) is 5.75 Å². The van der Waals surface area contributed by atoms with Gasteiger partial charge >= 0.3 is 0 Å². The Morgan fingerprint density at radius 2 is 2.15 bits per heavy atom. The van der Waals surface area contributed by atoms with Gasteiger partial charge in [0.05, 0.1) is 11.6 Å². The fourth-order valence-electron chi connectivity index (χ4n) is 2.79. The molecule has 1 aromatic rings. The molecule has 0 aliphatic heterocycles. The van der Waals surface area contributed by atoms with Gasteiger partial charge in [-0.2, -0.15) is 11.8 Å². The average molecular weight is 423 g/mol. The lowest BCUT2D eigenvalue weighted by Gasteiger charge is -2.21. The predicted octanol–water partition coefficient (Wildman–Crippen LogP) is 4.98. The van der Waals surface area contributed by atoms with Crippen LogP contribution in [-0.2, 0) is 6.54 Å². The van der Waals surface area contributed by atoms with Crippen LogP contribution in [0, 0.1) is 0 Å². The second-order valence-electron chi connectivity index (χ2n) is 4.99. The minimum atomic E-state index is 0.627. The molecule has 2 unspecified atom stereocenters. The summed E-state index contributed by atoms with van der Waals surface area (Å²) in [5, 5.41) is 4.48. The zero-order chi connectivity index (χ0) is 14.5. The maximum atomic E-state index is 5.51. The van der Waals surface area contributed by atoms with Crippen molar-refractivity contribution in [2.24, 2.45) is 0 Å². The van der Waals surface area contributed by atoms with Gasteiger partial charge in [0.25, 0.3) is 0 Å². The van der Waals surface area contributed by atoms with Crippen molar-refractivity contribution in [3.05, 3.63) is 26.6 Å². The predicted molar refractivity (Wildman–Crippen MR) is 94.8 cm³/mol. The van der Waals surface area contributed by atoms with Gasteiger partial charge in [0, 0.05) is 27.9 Å². The van der Waals surface area contributed by atoms with Gasteiger partial charge < -0.3 is 10.1 Å². The second kappa shape index (κ2) is 8.06. The highest BCUT2D eigenvalue weighted by Crippen LogP contribution is 2.34. The SMILES string of the molecule is CCSC1CCCC1NCc1cc(Br)cc(Br)c1OC. The van der Waals surface area contributed by atoms with E-state index in [9.17, 15) is 0 Å². The summed E-state index contributed by atoms with van der Waals surface area (Å²) < 4.78 is 7.58. The number of nitrogens with one attached hydrogen (secondary N) is 1. The lowest BCUT2D eigenvalue weighted by Crippen LogP contribution is -2.33. The van der Waals surface area contributed by atoms with Crippen molar-refractivity contribution in [2.75, 3.05) is 12.9 Å². The van der Waals surface area contributed by atoms with Crippen molar-refractivity contribution < 1.29 is 4.74 Å². The maximum Gasteiger partial charge on any atom is 0.137 e. The molecule has 0 radical (unpaired) electrons. The smallest absolute Gasteiger partial charge is 0.137 e. The van der Waals surface area contributed by atoms with E-state index >= 15 is 0 Å². The van der Waals surface area contributed by atoms with E-state index in [2.05, 4.69) is 61.9 Å². The quantitative estimate of drug-likeness (QED) is 0.697. The highest BCUT2D eigenvalue weighted by molar-refractivity contribution is 9.11. The van der Waals surface area contributed by atoms with Crippen LogP contribution in [0.4, 0.5) is 0 Å². The largest absolute Gasteiger partial charge is 0.495 e. The molecular formula is C15H21Br2NOS. The normalized spacial score (nSPS) is 22.2. The van der Waals surface area contributed by atoms with Crippen LogP contribution in [0.15, 0.2) is 21.1 Å². The van der Waals surface area contributed by atoms with Gasteiger partial charge in [-0.05, 0) is 46.7 Å². The number of hydrogen-bond donors (Lipinski definition) is 1. The number of ether oxygens (including phenoxy) is 1. The fraction of sp³-hybridized carbons (Fsp3) is 0.600. The Kier molecular flexibility index (Phi) is 6.72. The lowest BCUT2D eigenvalue weighted by molar-refractivity contribution is 0.402. The number of thioether (sulfide) groups is 1. The standard InChI is InChI=1S/C15H21Br2NOS/c1-3-20-14-6-4-5-13(14)18-9-10-7-11(16)8-12(17)15(10)19-2/h7-8,13-14,18H,3-6,9H2,1-2H3. The van der Waals surface area contributed by atoms with Gasteiger partial charge in [0.2, 0.25) is 0 Å². The molecule has 1 aliphatic carbocycles. The molecule has 2 nitrogen and oxygen atoms in total. The van der Waals surface area contributed by atoms with Crippen molar-refractivity contribution in [1.82, 2.24) is 5.32 Å². The summed E-state index contributed by atoms with van der Waals surface area (Å²) in [6.45, 7) is 3.10. The van der Waals surface area contributed by atoms with E-state index in [0.29, 0.717) is 6.04 Å². The summed E-state index contributed by atoms with van der Waals surface area (Å²) in [4.78, 5) is 0. The van der Waals surface area contributed by atoms with Crippen LogP contribution in [0.1, 0.15) is 31.7 Å². The van der Waals surface area contributed by atoms with Crippen LogP contribution < -0.4 is 10.1 Å². The van der Waals surface area contributed by atoms with Crippen molar-refractivity contribution >= 4 is 43.6 Å². The lowest BCUT2D eigenvalue weighted by atomic mass is 10.1. The number of hydrogen-bond acceptors (Lipinski definition) is 3. The highest BCUT2D eigenvalue weighted by atomic mass is 79.9. The second-order valence-corrected chi connectivity index (χ2v) is 8.28. The summed E-state index contributed by atoms with van der Waals surface area (Å²) in [7, 11) is 1.73. The van der Waals surface area contributed by atoms with E-state index in [1.807, 2.05) is 6.07 Å². The topological polar surface area (TPSA) is 21.3 Å². The summed E-state index contributed by atoms with van der Waals surface area (Å²) in [6.07, 6.45) is 3.97. The Labute approximate surface area is 142 Å².